The molecular weight excluding hydrogens is 450 g/mol. The van der Waals surface area contributed by atoms with Gasteiger partial charge in [0.15, 0.2) is 5.65 Å². The average Bonchev–Trinajstić information content (AvgIpc) is 3.36. The highest BCUT2D eigenvalue weighted by atomic mass is 16.5. The lowest BCUT2D eigenvalue weighted by atomic mass is 10.0. The van der Waals surface area contributed by atoms with Crippen LogP contribution < -0.4 is 10.1 Å². The third-order valence-corrected chi connectivity index (χ3v) is 6.94. The maximum Gasteiger partial charge on any atom is 0.270 e. The molecule has 1 fully saturated rings. The summed E-state index contributed by atoms with van der Waals surface area (Å²) in [4.78, 5) is 20.8. The number of likely N-dealkylation sites (tertiary alicyclic amines) is 1. The Kier molecular flexibility index (Phi) is 7.28. The van der Waals surface area contributed by atoms with Crippen molar-refractivity contribution in [3.8, 4) is 28.3 Å². The van der Waals surface area contributed by atoms with Crippen molar-refractivity contribution in [2.75, 3.05) is 26.7 Å². The summed E-state index contributed by atoms with van der Waals surface area (Å²) in [7, 11) is 1.64. The van der Waals surface area contributed by atoms with Gasteiger partial charge in [-0.15, -0.1) is 0 Å². The molecule has 186 valence electrons. The molecule has 7 nitrogen and oxygen atoms in total. The van der Waals surface area contributed by atoms with Crippen LogP contribution in [0.3, 0.4) is 0 Å². The van der Waals surface area contributed by atoms with Gasteiger partial charge in [0.2, 0.25) is 0 Å². The first-order chi connectivity index (χ1) is 17.6. The zero-order chi connectivity index (χ0) is 24.9. The van der Waals surface area contributed by atoms with Crippen molar-refractivity contribution in [2.45, 2.75) is 38.6 Å². The van der Waals surface area contributed by atoms with Crippen LogP contribution in [0.25, 0.3) is 28.2 Å². The number of amides is 1. The monoisotopic (exact) mass is 483 g/mol. The Hall–Kier alpha value is -3.71. The van der Waals surface area contributed by atoms with Gasteiger partial charge < -0.3 is 15.0 Å². The molecule has 0 unspecified atom stereocenters. The number of methoxy groups -OCH3 is 1. The molecule has 4 aromatic rings. The Morgan fingerprint density at radius 1 is 1.03 bits per heavy atom. The van der Waals surface area contributed by atoms with E-state index in [0.29, 0.717) is 29.6 Å². The maximum absolute atomic E-state index is 13.4. The highest BCUT2D eigenvalue weighted by Crippen LogP contribution is 2.26. The van der Waals surface area contributed by atoms with Crippen molar-refractivity contribution in [1.29, 1.82) is 0 Å². The molecule has 0 radical (unpaired) electrons. The smallest absolute Gasteiger partial charge is 0.270 e. The van der Waals surface area contributed by atoms with Crippen LogP contribution in [0.4, 0.5) is 0 Å². The average molecular weight is 484 g/mol. The number of aromatic nitrogens is 3. The number of ether oxygens (including phenoxy) is 1. The van der Waals surface area contributed by atoms with Crippen LogP contribution in [0.2, 0.25) is 0 Å². The summed E-state index contributed by atoms with van der Waals surface area (Å²) in [5.41, 5.74) is 4.43. The van der Waals surface area contributed by atoms with Gasteiger partial charge in [-0.2, -0.15) is 5.10 Å². The van der Waals surface area contributed by atoms with Crippen LogP contribution in [-0.2, 0) is 0 Å². The van der Waals surface area contributed by atoms with Crippen molar-refractivity contribution in [2.24, 2.45) is 0 Å². The summed E-state index contributed by atoms with van der Waals surface area (Å²) in [5.74, 6) is 0.589. The van der Waals surface area contributed by atoms with Gasteiger partial charge in [0, 0.05) is 36.3 Å². The van der Waals surface area contributed by atoms with E-state index in [-0.39, 0.29) is 5.91 Å². The Morgan fingerprint density at radius 2 is 1.86 bits per heavy atom. The minimum atomic E-state index is -0.152. The normalized spacial score (nSPS) is 16.2. The number of piperidine rings is 1. The van der Waals surface area contributed by atoms with E-state index in [1.165, 1.54) is 19.3 Å². The molecule has 1 saturated heterocycles. The van der Waals surface area contributed by atoms with Gasteiger partial charge >= 0.3 is 0 Å². The van der Waals surface area contributed by atoms with Crippen molar-refractivity contribution in [3.63, 3.8) is 0 Å². The van der Waals surface area contributed by atoms with E-state index >= 15 is 0 Å². The predicted octanol–water partition coefficient (Wildman–Crippen LogP) is 5.07. The van der Waals surface area contributed by atoms with Crippen molar-refractivity contribution in [1.82, 2.24) is 24.8 Å². The highest BCUT2D eigenvalue weighted by molar-refractivity contribution is 5.94. The summed E-state index contributed by atoms with van der Waals surface area (Å²) in [6, 6.07) is 22.0. The van der Waals surface area contributed by atoms with Crippen molar-refractivity contribution >= 4 is 11.6 Å². The Labute approximate surface area is 212 Å². The van der Waals surface area contributed by atoms with Crippen LogP contribution in [-0.4, -0.2) is 58.2 Å². The van der Waals surface area contributed by atoms with Gasteiger partial charge in [-0.25, -0.2) is 9.50 Å². The molecule has 1 amide bonds. The Balaban J connectivity index is 1.42. The van der Waals surface area contributed by atoms with E-state index in [4.69, 9.17) is 14.8 Å². The molecule has 0 aliphatic carbocycles. The fourth-order valence-electron chi connectivity index (χ4n) is 4.88. The summed E-state index contributed by atoms with van der Waals surface area (Å²) in [6.45, 7) is 5.07. The number of nitrogens with one attached hydrogen (secondary N) is 1. The van der Waals surface area contributed by atoms with E-state index in [1.54, 1.807) is 11.6 Å². The second kappa shape index (κ2) is 10.9. The Morgan fingerprint density at radius 3 is 2.67 bits per heavy atom. The molecule has 0 bridgehead atoms. The first-order valence-electron chi connectivity index (χ1n) is 12.8. The molecule has 36 heavy (non-hydrogen) atoms. The fraction of sp³-hybridized carbons (Fsp3) is 0.345. The van der Waals surface area contributed by atoms with Crippen LogP contribution in [0, 0.1) is 0 Å². The lowest BCUT2D eigenvalue weighted by Crippen LogP contribution is -2.39. The third kappa shape index (κ3) is 5.26. The number of benzene rings is 2. The number of nitrogens with zero attached hydrogens (tertiary/aromatic N) is 4. The number of carbonyl (C=O) groups is 1. The quantitative estimate of drug-likeness (QED) is 0.355. The summed E-state index contributed by atoms with van der Waals surface area (Å²) >= 11 is 0. The van der Waals surface area contributed by atoms with Gasteiger partial charge in [0.05, 0.1) is 18.5 Å². The van der Waals surface area contributed by atoms with Crippen LogP contribution in [0.15, 0.2) is 66.7 Å². The summed E-state index contributed by atoms with van der Waals surface area (Å²) in [5, 5.41) is 7.86. The van der Waals surface area contributed by atoms with Gasteiger partial charge in [-0.05, 0) is 50.9 Å². The first-order valence-corrected chi connectivity index (χ1v) is 12.8. The van der Waals surface area contributed by atoms with Crippen LogP contribution >= 0.6 is 0 Å². The predicted molar refractivity (Wildman–Crippen MR) is 142 cm³/mol. The SMILES string of the molecule is COc1cccc(-c2cc(C(=O)NCCCN3CCCC[C@@H]3C)n3nc(-c4ccccc4)cc3n2)c1. The molecule has 2 aromatic heterocycles. The topological polar surface area (TPSA) is 71.8 Å². The van der Waals surface area contributed by atoms with Gasteiger partial charge in [0.1, 0.15) is 11.4 Å². The standard InChI is InChI=1S/C29H33N5O2/c1-21-10-6-7-16-33(21)17-9-15-30-29(35)27-19-25(23-13-8-14-24(18-23)36-2)31-28-20-26(32-34(27)28)22-11-4-3-5-12-22/h3-5,8,11-14,18-21H,6-7,9-10,15-17H2,1-2H3,(H,30,35)/t21-/m0/s1. The summed E-state index contributed by atoms with van der Waals surface area (Å²) in [6.07, 6.45) is 4.76. The van der Waals surface area contributed by atoms with Gasteiger partial charge in [-0.3, -0.25) is 4.79 Å². The zero-order valence-electron chi connectivity index (χ0n) is 21.0. The van der Waals surface area contributed by atoms with Gasteiger partial charge in [-0.1, -0.05) is 48.9 Å². The van der Waals surface area contributed by atoms with Crippen molar-refractivity contribution < 1.29 is 9.53 Å². The number of carbonyl (C=O) groups excluding carboxylic acids is 1. The largest absolute Gasteiger partial charge is 0.497 e. The minimum Gasteiger partial charge on any atom is -0.497 e. The molecule has 0 saturated carbocycles. The highest BCUT2D eigenvalue weighted by Gasteiger charge is 2.19. The molecule has 2 aromatic carbocycles. The molecule has 1 atom stereocenters. The Bertz CT molecular complexity index is 1330. The van der Waals surface area contributed by atoms with E-state index in [0.717, 1.165) is 42.1 Å². The molecule has 7 heteroatoms. The lowest BCUT2D eigenvalue weighted by Gasteiger charge is -2.33. The molecule has 1 N–H and O–H groups in total. The number of rotatable bonds is 8. The molecule has 0 spiro atoms. The number of hydrogen-bond donors (Lipinski definition) is 1. The molecule has 3 heterocycles. The molecular formula is C29H33N5O2. The van der Waals surface area contributed by atoms with Crippen LogP contribution in [0.5, 0.6) is 5.75 Å². The second-order valence-corrected chi connectivity index (χ2v) is 9.41. The van der Waals surface area contributed by atoms with Gasteiger partial charge in [0.25, 0.3) is 5.91 Å². The van der Waals surface area contributed by atoms with Crippen LogP contribution in [0.1, 0.15) is 43.1 Å². The summed E-state index contributed by atoms with van der Waals surface area (Å²) < 4.78 is 7.04. The second-order valence-electron chi connectivity index (χ2n) is 9.41. The zero-order valence-corrected chi connectivity index (χ0v) is 21.0. The molecule has 1 aliphatic rings. The fourth-order valence-corrected chi connectivity index (χ4v) is 4.88. The molecule has 1 aliphatic heterocycles. The van der Waals surface area contributed by atoms with Crippen molar-refractivity contribution in [3.05, 3.63) is 72.4 Å². The minimum absolute atomic E-state index is 0.152. The number of hydrogen-bond acceptors (Lipinski definition) is 5. The molecule has 5 rings (SSSR count). The first kappa shape index (κ1) is 24.0. The lowest BCUT2D eigenvalue weighted by molar-refractivity contribution is 0.0941. The third-order valence-electron chi connectivity index (χ3n) is 6.94. The van der Waals surface area contributed by atoms with E-state index in [2.05, 4.69) is 17.1 Å². The maximum atomic E-state index is 13.4. The van der Waals surface area contributed by atoms with E-state index in [9.17, 15) is 4.79 Å². The van der Waals surface area contributed by atoms with E-state index < -0.39 is 0 Å². The number of fused-ring (bicyclic) bond motifs is 1. The van der Waals surface area contributed by atoms with E-state index in [1.807, 2.05) is 66.7 Å².